The molecule has 0 saturated heterocycles. The molecule has 0 spiro atoms. The first-order chi connectivity index (χ1) is 12.1. The van der Waals surface area contributed by atoms with Gasteiger partial charge in [0.25, 0.3) is 11.5 Å². The van der Waals surface area contributed by atoms with Gasteiger partial charge < -0.3 is 10.3 Å². The van der Waals surface area contributed by atoms with Crippen LogP contribution in [0.1, 0.15) is 15.9 Å². The van der Waals surface area contributed by atoms with Crippen LogP contribution in [0.15, 0.2) is 71.5 Å². The van der Waals surface area contributed by atoms with Gasteiger partial charge in [0.15, 0.2) is 0 Å². The summed E-state index contributed by atoms with van der Waals surface area (Å²) >= 11 is 0. The van der Waals surface area contributed by atoms with Gasteiger partial charge in [-0.25, -0.2) is 4.39 Å². The molecule has 0 atom stereocenters. The van der Waals surface area contributed by atoms with Gasteiger partial charge >= 0.3 is 0 Å². The molecule has 0 aliphatic rings. The summed E-state index contributed by atoms with van der Waals surface area (Å²) in [6.45, 7) is 0.446. The fourth-order valence-electron chi connectivity index (χ4n) is 2.51. The molecule has 0 fully saturated rings. The van der Waals surface area contributed by atoms with E-state index >= 15 is 0 Å². The van der Waals surface area contributed by atoms with Gasteiger partial charge in [-0.2, -0.15) is 0 Å². The Morgan fingerprint density at radius 3 is 2.36 bits per heavy atom. The summed E-state index contributed by atoms with van der Waals surface area (Å²) in [7, 11) is 0. The van der Waals surface area contributed by atoms with Gasteiger partial charge in [-0.1, -0.05) is 30.3 Å². The van der Waals surface area contributed by atoms with Crippen molar-refractivity contribution in [3.8, 4) is 11.3 Å². The number of H-pyrrole nitrogens is 1. The molecule has 2 N–H and O–H groups in total. The van der Waals surface area contributed by atoms with Crippen LogP contribution in [-0.2, 0) is 6.42 Å². The fourth-order valence-corrected chi connectivity index (χ4v) is 2.51. The number of amides is 1. The molecule has 4 nitrogen and oxygen atoms in total. The lowest BCUT2D eigenvalue weighted by Crippen LogP contribution is -2.31. The van der Waals surface area contributed by atoms with Crippen LogP contribution < -0.4 is 10.9 Å². The van der Waals surface area contributed by atoms with Crippen molar-refractivity contribution >= 4 is 5.91 Å². The van der Waals surface area contributed by atoms with Gasteiger partial charge in [-0.05, 0) is 53.9 Å². The zero-order chi connectivity index (χ0) is 17.6. The second-order valence-corrected chi connectivity index (χ2v) is 5.61. The fraction of sp³-hybridized carbons (Fsp3) is 0.100. The Kier molecular flexibility index (Phi) is 5.04. The zero-order valence-corrected chi connectivity index (χ0v) is 13.5. The average molecular weight is 336 g/mol. The molecule has 3 aromatic rings. The number of pyridine rings is 1. The van der Waals surface area contributed by atoms with Gasteiger partial charge in [0.05, 0.1) is 0 Å². The molecule has 3 rings (SSSR count). The SMILES string of the molecule is O=C(NCCc1ccccc1)c1ccc(-c2ccc(F)cc2)[nH]c1=O. The van der Waals surface area contributed by atoms with Gasteiger partial charge in [0, 0.05) is 12.2 Å². The van der Waals surface area contributed by atoms with Gasteiger partial charge in [-0.15, -0.1) is 0 Å². The van der Waals surface area contributed by atoms with Gasteiger partial charge in [0.2, 0.25) is 0 Å². The Labute approximate surface area is 144 Å². The third kappa shape index (κ3) is 4.20. The minimum absolute atomic E-state index is 0.0546. The van der Waals surface area contributed by atoms with E-state index in [1.807, 2.05) is 30.3 Å². The highest BCUT2D eigenvalue weighted by Gasteiger charge is 2.11. The topological polar surface area (TPSA) is 62.0 Å². The van der Waals surface area contributed by atoms with Crippen molar-refractivity contribution in [2.24, 2.45) is 0 Å². The van der Waals surface area contributed by atoms with E-state index in [-0.39, 0.29) is 11.4 Å². The molecule has 0 unspecified atom stereocenters. The Hall–Kier alpha value is -3.21. The molecule has 25 heavy (non-hydrogen) atoms. The van der Waals surface area contributed by atoms with Crippen LogP contribution in [0.2, 0.25) is 0 Å². The minimum Gasteiger partial charge on any atom is -0.352 e. The van der Waals surface area contributed by atoms with E-state index in [9.17, 15) is 14.0 Å². The summed E-state index contributed by atoms with van der Waals surface area (Å²) in [5.41, 5.74) is 1.90. The monoisotopic (exact) mass is 336 g/mol. The molecule has 0 saturated carbocycles. The highest BCUT2D eigenvalue weighted by atomic mass is 19.1. The lowest BCUT2D eigenvalue weighted by Gasteiger charge is -2.06. The Morgan fingerprint density at radius 2 is 1.68 bits per heavy atom. The van der Waals surface area contributed by atoms with Crippen LogP contribution in [-0.4, -0.2) is 17.4 Å². The average Bonchev–Trinajstić information content (AvgIpc) is 2.63. The second kappa shape index (κ2) is 7.57. The number of hydrogen-bond acceptors (Lipinski definition) is 2. The molecule has 0 bridgehead atoms. The van der Waals surface area contributed by atoms with E-state index in [0.717, 1.165) is 5.56 Å². The summed E-state index contributed by atoms with van der Waals surface area (Å²) < 4.78 is 13.0. The maximum absolute atomic E-state index is 13.0. The molecular formula is C20H17FN2O2. The number of halogens is 1. The predicted molar refractivity (Wildman–Crippen MR) is 94.9 cm³/mol. The lowest BCUT2D eigenvalue weighted by atomic mass is 10.1. The Balaban J connectivity index is 1.67. The molecule has 1 heterocycles. The quantitative estimate of drug-likeness (QED) is 0.752. The predicted octanol–water partition coefficient (Wildman–Crippen LogP) is 3.15. The van der Waals surface area contributed by atoms with Crippen LogP contribution in [0.4, 0.5) is 4.39 Å². The normalized spacial score (nSPS) is 10.4. The van der Waals surface area contributed by atoms with Crippen molar-refractivity contribution in [1.82, 2.24) is 10.3 Å². The zero-order valence-electron chi connectivity index (χ0n) is 13.5. The van der Waals surface area contributed by atoms with Crippen molar-refractivity contribution in [2.75, 3.05) is 6.54 Å². The van der Waals surface area contributed by atoms with E-state index in [0.29, 0.717) is 24.2 Å². The van der Waals surface area contributed by atoms with Crippen molar-refractivity contribution < 1.29 is 9.18 Å². The van der Waals surface area contributed by atoms with E-state index in [1.165, 1.54) is 18.2 Å². The third-order valence-corrected chi connectivity index (χ3v) is 3.85. The standard InChI is InChI=1S/C20H17FN2O2/c21-16-8-6-15(7-9-16)18-11-10-17(20(25)23-18)19(24)22-13-12-14-4-2-1-3-5-14/h1-11H,12-13H2,(H,22,24)(H,23,25). The van der Waals surface area contributed by atoms with Crippen LogP contribution in [0.5, 0.6) is 0 Å². The van der Waals surface area contributed by atoms with E-state index in [2.05, 4.69) is 10.3 Å². The molecule has 0 radical (unpaired) electrons. The number of hydrogen-bond donors (Lipinski definition) is 2. The van der Waals surface area contributed by atoms with Crippen molar-refractivity contribution in [1.29, 1.82) is 0 Å². The largest absolute Gasteiger partial charge is 0.352 e. The van der Waals surface area contributed by atoms with Gasteiger partial charge in [0.1, 0.15) is 11.4 Å². The van der Waals surface area contributed by atoms with E-state index in [4.69, 9.17) is 0 Å². The second-order valence-electron chi connectivity index (χ2n) is 5.61. The Morgan fingerprint density at radius 1 is 0.960 bits per heavy atom. The van der Waals surface area contributed by atoms with Crippen LogP contribution >= 0.6 is 0 Å². The first-order valence-corrected chi connectivity index (χ1v) is 7.95. The summed E-state index contributed by atoms with van der Waals surface area (Å²) in [6, 6.07) is 18.7. The lowest BCUT2D eigenvalue weighted by molar-refractivity contribution is 0.0952. The summed E-state index contributed by atoms with van der Waals surface area (Å²) in [4.78, 5) is 27.0. The molecule has 0 aliphatic heterocycles. The summed E-state index contributed by atoms with van der Waals surface area (Å²) in [5.74, 6) is -0.761. The summed E-state index contributed by atoms with van der Waals surface area (Å²) in [6.07, 6.45) is 0.693. The maximum atomic E-state index is 13.0. The number of rotatable bonds is 5. The van der Waals surface area contributed by atoms with Crippen molar-refractivity contribution in [3.05, 3.63) is 94.0 Å². The van der Waals surface area contributed by atoms with Crippen molar-refractivity contribution in [3.63, 3.8) is 0 Å². The summed E-state index contributed by atoms with van der Waals surface area (Å²) in [5, 5.41) is 2.75. The smallest absolute Gasteiger partial charge is 0.261 e. The number of benzene rings is 2. The van der Waals surface area contributed by atoms with Crippen LogP contribution in [0.25, 0.3) is 11.3 Å². The van der Waals surface area contributed by atoms with Crippen molar-refractivity contribution in [2.45, 2.75) is 6.42 Å². The first kappa shape index (κ1) is 16.6. The number of nitrogens with one attached hydrogen (secondary N) is 2. The van der Waals surface area contributed by atoms with Crippen LogP contribution in [0.3, 0.4) is 0 Å². The van der Waals surface area contributed by atoms with E-state index in [1.54, 1.807) is 18.2 Å². The maximum Gasteiger partial charge on any atom is 0.261 e. The number of carbonyl (C=O) groups excluding carboxylic acids is 1. The molecular weight excluding hydrogens is 319 g/mol. The Bertz CT molecular complexity index is 918. The van der Waals surface area contributed by atoms with Gasteiger partial charge in [-0.3, -0.25) is 9.59 Å². The number of aromatic amines is 1. The number of aromatic nitrogens is 1. The minimum atomic E-state index is -0.473. The van der Waals surface area contributed by atoms with Crippen LogP contribution in [0, 0.1) is 5.82 Å². The molecule has 0 aliphatic carbocycles. The van der Waals surface area contributed by atoms with E-state index < -0.39 is 11.5 Å². The molecule has 5 heteroatoms. The number of carbonyl (C=O) groups is 1. The highest BCUT2D eigenvalue weighted by Crippen LogP contribution is 2.16. The molecule has 1 amide bonds. The molecule has 126 valence electrons. The first-order valence-electron chi connectivity index (χ1n) is 7.95. The third-order valence-electron chi connectivity index (χ3n) is 3.85. The highest BCUT2D eigenvalue weighted by molar-refractivity contribution is 5.94. The molecule has 2 aromatic carbocycles. The molecule has 1 aromatic heterocycles.